The topological polar surface area (TPSA) is 68.8 Å². The van der Waals surface area contributed by atoms with Crippen molar-refractivity contribution in [2.75, 3.05) is 6.54 Å². The lowest BCUT2D eigenvalue weighted by Gasteiger charge is -2.28. The SMILES string of the molecule is Cn1nc(-c2nncn2Cc2ccccc2)c2c1CCN(C(=O)c1cc(F)ccc1F)C2. The Balaban J connectivity index is 1.48. The Hall–Kier alpha value is -3.88. The Morgan fingerprint density at radius 2 is 1.94 bits per heavy atom. The van der Waals surface area contributed by atoms with Crippen molar-refractivity contribution in [1.82, 2.24) is 29.4 Å². The van der Waals surface area contributed by atoms with Gasteiger partial charge in [0.15, 0.2) is 5.82 Å². The Labute approximate surface area is 182 Å². The summed E-state index contributed by atoms with van der Waals surface area (Å²) in [5.74, 6) is -1.34. The molecule has 0 bridgehead atoms. The van der Waals surface area contributed by atoms with Gasteiger partial charge in [-0.05, 0) is 23.8 Å². The van der Waals surface area contributed by atoms with Gasteiger partial charge in [0.1, 0.15) is 23.7 Å². The van der Waals surface area contributed by atoms with E-state index in [2.05, 4.69) is 15.3 Å². The molecule has 0 fully saturated rings. The molecule has 1 aliphatic rings. The Bertz CT molecular complexity index is 1300. The average Bonchev–Trinajstić information content (AvgIpc) is 3.39. The maximum atomic E-state index is 14.2. The van der Waals surface area contributed by atoms with Gasteiger partial charge < -0.3 is 9.47 Å². The number of carbonyl (C=O) groups is 1. The number of hydrogen-bond acceptors (Lipinski definition) is 4. The molecule has 0 spiro atoms. The molecule has 9 heteroatoms. The number of aryl methyl sites for hydroxylation is 1. The number of fused-ring (bicyclic) bond motifs is 1. The number of benzene rings is 2. The fourth-order valence-electron chi connectivity index (χ4n) is 4.11. The van der Waals surface area contributed by atoms with Gasteiger partial charge >= 0.3 is 0 Å². The van der Waals surface area contributed by atoms with Gasteiger partial charge in [0.25, 0.3) is 5.91 Å². The summed E-state index contributed by atoms with van der Waals surface area (Å²) in [4.78, 5) is 14.5. The van der Waals surface area contributed by atoms with Crippen molar-refractivity contribution >= 4 is 5.91 Å². The lowest BCUT2D eigenvalue weighted by atomic mass is 10.0. The van der Waals surface area contributed by atoms with Crippen LogP contribution in [0.1, 0.15) is 27.2 Å². The molecule has 7 nitrogen and oxygen atoms in total. The first kappa shape index (κ1) is 20.0. The summed E-state index contributed by atoms with van der Waals surface area (Å²) >= 11 is 0. The highest BCUT2D eigenvalue weighted by molar-refractivity contribution is 5.94. The average molecular weight is 434 g/mol. The van der Waals surface area contributed by atoms with Crippen LogP contribution < -0.4 is 0 Å². The van der Waals surface area contributed by atoms with E-state index in [0.717, 1.165) is 35.0 Å². The van der Waals surface area contributed by atoms with Crippen LogP contribution in [0.5, 0.6) is 0 Å². The molecule has 4 aromatic rings. The maximum absolute atomic E-state index is 14.2. The fraction of sp³-hybridized carbons (Fsp3) is 0.217. The lowest BCUT2D eigenvalue weighted by molar-refractivity contribution is 0.0728. The second-order valence-corrected chi connectivity index (χ2v) is 7.77. The molecule has 2 aromatic heterocycles. The monoisotopic (exact) mass is 434 g/mol. The second kappa shape index (κ2) is 7.99. The predicted octanol–water partition coefficient (Wildman–Crippen LogP) is 3.20. The summed E-state index contributed by atoms with van der Waals surface area (Å²) < 4.78 is 31.5. The Morgan fingerprint density at radius 1 is 1.12 bits per heavy atom. The van der Waals surface area contributed by atoms with Crippen LogP contribution in [-0.4, -0.2) is 41.9 Å². The zero-order valence-electron chi connectivity index (χ0n) is 17.4. The molecule has 0 radical (unpaired) electrons. The number of rotatable bonds is 4. The summed E-state index contributed by atoms with van der Waals surface area (Å²) in [5.41, 5.74) is 3.28. The van der Waals surface area contributed by atoms with Crippen molar-refractivity contribution in [2.24, 2.45) is 7.05 Å². The molecule has 3 heterocycles. The zero-order valence-corrected chi connectivity index (χ0v) is 17.4. The summed E-state index contributed by atoms with van der Waals surface area (Å²) in [7, 11) is 1.85. The van der Waals surface area contributed by atoms with E-state index in [9.17, 15) is 13.6 Å². The van der Waals surface area contributed by atoms with Gasteiger partial charge in [-0.25, -0.2) is 8.78 Å². The van der Waals surface area contributed by atoms with Crippen LogP contribution in [0.25, 0.3) is 11.5 Å². The van der Waals surface area contributed by atoms with E-state index >= 15 is 0 Å². The van der Waals surface area contributed by atoms with E-state index in [-0.39, 0.29) is 12.1 Å². The third-order valence-electron chi connectivity index (χ3n) is 5.71. The second-order valence-electron chi connectivity index (χ2n) is 7.77. The molecule has 0 saturated heterocycles. The minimum absolute atomic E-state index is 0.228. The van der Waals surface area contributed by atoms with Gasteiger partial charge in [-0.3, -0.25) is 9.48 Å². The van der Waals surface area contributed by atoms with Crippen molar-refractivity contribution < 1.29 is 13.6 Å². The molecule has 0 unspecified atom stereocenters. The van der Waals surface area contributed by atoms with Crippen LogP contribution in [-0.2, 0) is 26.6 Å². The third kappa shape index (κ3) is 3.55. The molecule has 5 rings (SSSR count). The van der Waals surface area contributed by atoms with Crippen molar-refractivity contribution in [2.45, 2.75) is 19.5 Å². The first-order valence-electron chi connectivity index (χ1n) is 10.2. The largest absolute Gasteiger partial charge is 0.334 e. The number of halogens is 2. The molecule has 0 N–H and O–H groups in total. The zero-order chi connectivity index (χ0) is 22.2. The van der Waals surface area contributed by atoms with E-state index < -0.39 is 17.5 Å². The highest BCUT2D eigenvalue weighted by Crippen LogP contribution is 2.30. The standard InChI is InChI=1S/C23H20F2N6O/c1-29-20-9-10-30(23(32)17-11-16(24)7-8-19(17)25)13-18(20)21(28-29)22-27-26-14-31(22)12-15-5-3-2-4-6-15/h2-8,11,14H,9-10,12-13H2,1H3. The van der Waals surface area contributed by atoms with E-state index in [0.29, 0.717) is 31.0 Å². The van der Waals surface area contributed by atoms with E-state index in [1.54, 1.807) is 11.0 Å². The van der Waals surface area contributed by atoms with Gasteiger partial charge in [-0.1, -0.05) is 30.3 Å². The van der Waals surface area contributed by atoms with E-state index in [1.165, 1.54) is 4.90 Å². The van der Waals surface area contributed by atoms with Crippen LogP contribution in [0.15, 0.2) is 54.9 Å². The van der Waals surface area contributed by atoms with Crippen molar-refractivity contribution in [3.63, 3.8) is 0 Å². The molecule has 1 amide bonds. The first-order valence-corrected chi connectivity index (χ1v) is 10.2. The van der Waals surface area contributed by atoms with Crippen molar-refractivity contribution in [3.8, 4) is 11.5 Å². The summed E-state index contributed by atoms with van der Waals surface area (Å²) in [5, 5.41) is 13.0. The summed E-state index contributed by atoms with van der Waals surface area (Å²) in [6.07, 6.45) is 2.20. The smallest absolute Gasteiger partial charge is 0.257 e. The van der Waals surface area contributed by atoms with Crippen LogP contribution in [0, 0.1) is 11.6 Å². The van der Waals surface area contributed by atoms with E-state index in [4.69, 9.17) is 0 Å². The third-order valence-corrected chi connectivity index (χ3v) is 5.71. The number of nitrogens with zero attached hydrogens (tertiary/aromatic N) is 6. The highest BCUT2D eigenvalue weighted by Gasteiger charge is 2.30. The normalized spacial score (nSPS) is 13.3. The van der Waals surface area contributed by atoms with Crippen LogP contribution in [0.2, 0.25) is 0 Å². The molecule has 0 aliphatic carbocycles. The minimum Gasteiger partial charge on any atom is -0.334 e. The number of carbonyl (C=O) groups excluding carboxylic acids is 1. The van der Waals surface area contributed by atoms with Crippen LogP contribution >= 0.6 is 0 Å². The van der Waals surface area contributed by atoms with Gasteiger partial charge in [0.05, 0.1) is 18.7 Å². The number of amides is 1. The van der Waals surface area contributed by atoms with Crippen LogP contribution in [0.4, 0.5) is 8.78 Å². The Kier molecular flexibility index (Phi) is 5.01. The molecular weight excluding hydrogens is 414 g/mol. The fourth-order valence-corrected chi connectivity index (χ4v) is 4.11. The maximum Gasteiger partial charge on any atom is 0.257 e. The molecule has 1 aliphatic heterocycles. The van der Waals surface area contributed by atoms with Gasteiger partial charge in [-0.15, -0.1) is 10.2 Å². The first-order chi connectivity index (χ1) is 15.5. The highest BCUT2D eigenvalue weighted by atomic mass is 19.1. The van der Waals surface area contributed by atoms with Crippen molar-refractivity contribution in [1.29, 1.82) is 0 Å². The number of hydrogen-bond donors (Lipinski definition) is 0. The molecule has 162 valence electrons. The quantitative estimate of drug-likeness (QED) is 0.495. The summed E-state index contributed by atoms with van der Waals surface area (Å²) in [6.45, 7) is 1.19. The molecule has 0 saturated carbocycles. The number of aromatic nitrogens is 5. The minimum atomic E-state index is -0.740. The van der Waals surface area contributed by atoms with Gasteiger partial charge in [0.2, 0.25) is 0 Å². The van der Waals surface area contributed by atoms with Crippen molar-refractivity contribution in [3.05, 3.63) is 88.9 Å². The molecular formula is C23H20F2N6O. The van der Waals surface area contributed by atoms with Crippen LogP contribution in [0.3, 0.4) is 0 Å². The predicted molar refractivity (Wildman–Crippen MR) is 113 cm³/mol. The summed E-state index contributed by atoms with van der Waals surface area (Å²) in [6, 6.07) is 12.8. The van der Waals surface area contributed by atoms with E-state index in [1.807, 2.05) is 41.9 Å². The molecule has 2 aromatic carbocycles. The molecule has 32 heavy (non-hydrogen) atoms. The van der Waals surface area contributed by atoms with Gasteiger partial charge in [0, 0.05) is 31.3 Å². The van der Waals surface area contributed by atoms with Gasteiger partial charge in [-0.2, -0.15) is 5.10 Å². The molecule has 0 atom stereocenters. The lowest BCUT2D eigenvalue weighted by Crippen LogP contribution is -2.36. The Morgan fingerprint density at radius 3 is 2.75 bits per heavy atom.